The number of hydrogen-bond donors (Lipinski definition) is 1. The van der Waals surface area contributed by atoms with Crippen LogP contribution in [0, 0.1) is 6.08 Å². The van der Waals surface area contributed by atoms with Crippen LogP contribution in [0.4, 0.5) is 0 Å². The van der Waals surface area contributed by atoms with Crippen LogP contribution in [-0.4, -0.2) is 11.1 Å². The van der Waals surface area contributed by atoms with Gasteiger partial charge in [-0.15, -0.1) is 0 Å². The number of carboxylic acids is 1. The molecule has 0 amide bonds. The highest BCUT2D eigenvalue weighted by Gasteiger charge is 2.00. The summed E-state index contributed by atoms with van der Waals surface area (Å²) >= 11 is 0. The molecule has 0 spiro atoms. The predicted octanol–water partition coefficient (Wildman–Crippen LogP) is 1.40. The van der Waals surface area contributed by atoms with Gasteiger partial charge in [0, 0.05) is 5.57 Å². The summed E-state index contributed by atoms with van der Waals surface area (Å²) in [6.07, 6.45) is 3.58. The first-order valence-electron chi connectivity index (χ1n) is 2.59. The third kappa shape index (κ3) is 3.53. The summed E-state index contributed by atoms with van der Waals surface area (Å²) in [6.45, 7) is 6.66. The van der Waals surface area contributed by atoms with Crippen LogP contribution < -0.4 is 0 Å². The number of hydrogen-bond acceptors (Lipinski definition) is 1. The van der Waals surface area contributed by atoms with Gasteiger partial charge in [-0.2, -0.15) is 0 Å². The minimum absolute atomic E-state index is 0.214. The van der Waals surface area contributed by atoms with Crippen LogP contribution in [-0.2, 0) is 4.79 Å². The predicted molar refractivity (Wildman–Crippen MR) is 34.9 cm³/mol. The van der Waals surface area contributed by atoms with Gasteiger partial charge in [0.15, 0.2) is 0 Å². The maximum absolute atomic E-state index is 10.1. The highest BCUT2D eigenvalue weighted by atomic mass is 16.4. The van der Waals surface area contributed by atoms with E-state index in [2.05, 4.69) is 19.2 Å². The summed E-state index contributed by atoms with van der Waals surface area (Å²) in [6, 6.07) is 0. The molecular weight excluding hydrogens is 116 g/mol. The smallest absolute Gasteiger partial charge is 0.330 e. The van der Waals surface area contributed by atoms with Crippen molar-refractivity contribution in [3.05, 3.63) is 24.8 Å². The van der Waals surface area contributed by atoms with Crippen molar-refractivity contribution in [1.82, 2.24) is 0 Å². The molecule has 0 fully saturated rings. The molecule has 9 heavy (non-hydrogen) atoms. The first-order chi connectivity index (χ1) is 4.18. The summed E-state index contributed by atoms with van der Waals surface area (Å²) < 4.78 is 0. The zero-order chi connectivity index (χ0) is 7.28. The van der Waals surface area contributed by atoms with Crippen molar-refractivity contribution < 1.29 is 9.90 Å². The quantitative estimate of drug-likeness (QED) is 0.576. The van der Waals surface area contributed by atoms with Gasteiger partial charge < -0.3 is 5.11 Å². The summed E-state index contributed by atoms with van der Waals surface area (Å²) in [4.78, 5) is 10.1. The maximum Gasteiger partial charge on any atom is 0.330 e. The Kier molecular flexibility index (Phi) is 3.44. The fourth-order valence-electron chi connectivity index (χ4n) is 0.346. The second-order valence-corrected chi connectivity index (χ2v) is 1.66. The molecule has 1 N–H and O–H groups in total. The SMILES string of the molecule is C=[C]CCC(=C)C(=O)O. The van der Waals surface area contributed by atoms with Crippen LogP contribution in [0.15, 0.2) is 18.7 Å². The van der Waals surface area contributed by atoms with Crippen LogP contribution in [0.25, 0.3) is 0 Å². The van der Waals surface area contributed by atoms with Crippen LogP contribution >= 0.6 is 0 Å². The molecule has 0 aromatic carbocycles. The van der Waals surface area contributed by atoms with E-state index in [-0.39, 0.29) is 5.57 Å². The second kappa shape index (κ2) is 3.89. The number of aliphatic carboxylic acids is 1. The normalized spacial score (nSPS) is 8.44. The Balaban J connectivity index is 3.51. The molecule has 0 aliphatic heterocycles. The van der Waals surface area contributed by atoms with Crippen molar-refractivity contribution in [2.45, 2.75) is 12.8 Å². The zero-order valence-corrected chi connectivity index (χ0v) is 5.18. The molecule has 0 saturated carbocycles. The molecule has 0 aliphatic rings. The standard InChI is InChI=1S/C7H9O2/c1-3-4-5-6(2)7(8)9/h1-2,4-5H2,(H,8,9). The Bertz CT molecular complexity index is 136. The van der Waals surface area contributed by atoms with Crippen molar-refractivity contribution in [3.63, 3.8) is 0 Å². The van der Waals surface area contributed by atoms with E-state index in [1.807, 2.05) is 0 Å². The summed E-state index contributed by atoms with van der Waals surface area (Å²) in [5, 5.41) is 8.26. The van der Waals surface area contributed by atoms with Gasteiger partial charge in [0.25, 0.3) is 0 Å². The van der Waals surface area contributed by atoms with E-state index >= 15 is 0 Å². The summed E-state index contributed by atoms with van der Waals surface area (Å²) in [7, 11) is 0. The van der Waals surface area contributed by atoms with Gasteiger partial charge in [-0.3, -0.25) is 0 Å². The van der Waals surface area contributed by atoms with E-state index in [0.717, 1.165) is 0 Å². The van der Waals surface area contributed by atoms with Crippen LogP contribution in [0.5, 0.6) is 0 Å². The van der Waals surface area contributed by atoms with Crippen molar-refractivity contribution in [2.24, 2.45) is 0 Å². The van der Waals surface area contributed by atoms with Crippen LogP contribution in [0.2, 0.25) is 0 Å². The third-order valence-electron chi connectivity index (χ3n) is 0.906. The lowest BCUT2D eigenvalue weighted by Gasteiger charge is -1.92. The molecule has 0 aromatic heterocycles. The number of carboxylic acid groups (broad SMARTS) is 1. The Morgan fingerprint density at radius 1 is 1.67 bits per heavy atom. The highest BCUT2D eigenvalue weighted by Crippen LogP contribution is 2.00. The van der Waals surface area contributed by atoms with Gasteiger partial charge in [-0.05, 0) is 12.8 Å². The number of allylic oxidation sites excluding steroid dienone is 1. The first kappa shape index (κ1) is 7.95. The van der Waals surface area contributed by atoms with Gasteiger partial charge in [0.2, 0.25) is 0 Å². The fraction of sp³-hybridized carbons (Fsp3) is 0.286. The Morgan fingerprint density at radius 2 is 2.22 bits per heavy atom. The third-order valence-corrected chi connectivity index (χ3v) is 0.906. The highest BCUT2D eigenvalue weighted by molar-refractivity contribution is 5.85. The Hall–Kier alpha value is -1.05. The molecule has 2 heteroatoms. The van der Waals surface area contributed by atoms with E-state index in [1.165, 1.54) is 0 Å². The van der Waals surface area contributed by atoms with Crippen LogP contribution in [0.1, 0.15) is 12.8 Å². The lowest BCUT2D eigenvalue weighted by molar-refractivity contribution is -0.132. The minimum atomic E-state index is -0.940. The first-order valence-corrected chi connectivity index (χ1v) is 2.59. The Morgan fingerprint density at radius 3 is 2.56 bits per heavy atom. The molecule has 0 unspecified atom stereocenters. The molecule has 0 aromatic rings. The number of rotatable bonds is 4. The average molecular weight is 125 g/mol. The minimum Gasteiger partial charge on any atom is -0.478 e. The van der Waals surface area contributed by atoms with E-state index in [4.69, 9.17) is 5.11 Å². The largest absolute Gasteiger partial charge is 0.478 e. The van der Waals surface area contributed by atoms with Crippen molar-refractivity contribution in [1.29, 1.82) is 0 Å². The van der Waals surface area contributed by atoms with E-state index in [1.54, 1.807) is 0 Å². The summed E-state index contributed by atoms with van der Waals surface area (Å²) in [5.41, 5.74) is 0.214. The van der Waals surface area contributed by atoms with Gasteiger partial charge in [0.05, 0.1) is 0 Å². The van der Waals surface area contributed by atoms with Gasteiger partial charge >= 0.3 is 5.97 Å². The second-order valence-electron chi connectivity index (χ2n) is 1.66. The van der Waals surface area contributed by atoms with E-state index in [0.29, 0.717) is 12.8 Å². The number of carbonyl (C=O) groups is 1. The maximum atomic E-state index is 10.1. The molecule has 49 valence electrons. The average Bonchev–Trinajstić information content (AvgIpc) is 1.82. The topological polar surface area (TPSA) is 37.3 Å². The molecule has 0 saturated heterocycles. The fourth-order valence-corrected chi connectivity index (χ4v) is 0.346. The van der Waals surface area contributed by atoms with Crippen molar-refractivity contribution in [2.75, 3.05) is 0 Å². The van der Waals surface area contributed by atoms with E-state index < -0.39 is 5.97 Å². The van der Waals surface area contributed by atoms with Crippen LogP contribution in [0.3, 0.4) is 0 Å². The lowest BCUT2D eigenvalue weighted by Crippen LogP contribution is -1.97. The van der Waals surface area contributed by atoms with Gasteiger partial charge in [0.1, 0.15) is 0 Å². The molecule has 0 aliphatic carbocycles. The zero-order valence-electron chi connectivity index (χ0n) is 5.18. The Labute approximate surface area is 54.5 Å². The lowest BCUT2D eigenvalue weighted by atomic mass is 10.2. The molecule has 0 atom stereocenters. The molecule has 0 rings (SSSR count). The molecule has 0 bridgehead atoms. The monoisotopic (exact) mass is 125 g/mol. The van der Waals surface area contributed by atoms with Gasteiger partial charge in [-0.25, -0.2) is 4.79 Å². The van der Waals surface area contributed by atoms with Crippen molar-refractivity contribution >= 4 is 5.97 Å². The molecule has 0 heterocycles. The van der Waals surface area contributed by atoms with Gasteiger partial charge in [-0.1, -0.05) is 19.2 Å². The van der Waals surface area contributed by atoms with Crippen molar-refractivity contribution in [3.8, 4) is 0 Å². The molecule has 2 nitrogen and oxygen atoms in total. The molecule has 1 radical (unpaired) electrons. The summed E-state index contributed by atoms with van der Waals surface area (Å²) in [5.74, 6) is -0.940. The molecular formula is C7H9O2. The van der Waals surface area contributed by atoms with E-state index in [9.17, 15) is 4.79 Å².